The van der Waals surface area contributed by atoms with Gasteiger partial charge in [-0.1, -0.05) is 37.5 Å². The first-order chi connectivity index (χ1) is 10.3. The van der Waals surface area contributed by atoms with Crippen LogP contribution in [0.15, 0.2) is 30.3 Å². The Bertz CT molecular complexity index is 666. The molecule has 1 aromatic carbocycles. The molecule has 0 radical (unpaired) electrons. The van der Waals surface area contributed by atoms with Gasteiger partial charge in [0.1, 0.15) is 5.82 Å². The number of nitriles is 1. The molecular weight excluding hydrogens is 258 g/mol. The standard InChI is InChI=1S/C18H21N3/c1-2-21(15-8-4-3-5-9-15)18-12-14(13-19)16-10-6-7-11-17(16)20-18/h6-7,10-12,15H,2-5,8-9H2,1H3. The van der Waals surface area contributed by atoms with Crippen LogP contribution in [-0.4, -0.2) is 17.6 Å². The number of nitrogens with zero attached hydrogens (tertiary/aromatic N) is 3. The quantitative estimate of drug-likeness (QED) is 0.842. The highest BCUT2D eigenvalue weighted by Crippen LogP contribution is 2.28. The van der Waals surface area contributed by atoms with Crippen LogP contribution in [0.5, 0.6) is 0 Å². The van der Waals surface area contributed by atoms with Gasteiger partial charge in [-0.2, -0.15) is 5.26 Å². The minimum absolute atomic E-state index is 0.573. The highest BCUT2D eigenvalue weighted by atomic mass is 15.2. The Hall–Kier alpha value is -2.08. The Morgan fingerprint density at radius 1 is 1.24 bits per heavy atom. The van der Waals surface area contributed by atoms with Crippen LogP contribution in [0.25, 0.3) is 10.9 Å². The van der Waals surface area contributed by atoms with Crippen molar-refractivity contribution >= 4 is 16.7 Å². The summed E-state index contributed by atoms with van der Waals surface area (Å²) in [6, 6.07) is 12.8. The van der Waals surface area contributed by atoms with Crippen molar-refractivity contribution in [2.45, 2.75) is 45.1 Å². The van der Waals surface area contributed by atoms with Crippen molar-refractivity contribution in [3.8, 4) is 6.07 Å². The van der Waals surface area contributed by atoms with Gasteiger partial charge in [-0.25, -0.2) is 4.98 Å². The molecule has 3 nitrogen and oxygen atoms in total. The normalized spacial score (nSPS) is 15.8. The third-order valence-corrected chi connectivity index (χ3v) is 4.47. The molecule has 21 heavy (non-hydrogen) atoms. The molecule has 1 saturated carbocycles. The number of aromatic nitrogens is 1. The van der Waals surface area contributed by atoms with Crippen LogP contribution < -0.4 is 4.90 Å². The number of benzene rings is 1. The van der Waals surface area contributed by atoms with Crippen LogP contribution in [0.2, 0.25) is 0 Å². The number of hydrogen-bond donors (Lipinski definition) is 0. The lowest BCUT2D eigenvalue weighted by atomic mass is 9.94. The average Bonchev–Trinajstić information content (AvgIpc) is 2.56. The molecule has 3 heteroatoms. The van der Waals surface area contributed by atoms with Gasteiger partial charge < -0.3 is 4.90 Å². The van der Waals surface area contributed by atoms with Crippen LogP contribution >= 0.6 is 0 Å². The molecule has 108 valence electrons. The number of fused-ring (bicyclic) bond motifs is 1. The molecule has 0 atom stereocenters. The maximum atomic E-state index is 9.43. The molecule has 0 unspecified atom stereocenters. The van der Waals surface area contributed by atoms with Crippen LogP contribution in [0.4, 0.5) is 5.82 Å². The maximum Gasteiger partial charge on any atom is 0.130 e. The summed E-state index contributed by atoms with van der Waals surface area (Å²) in [5.41, 5.74) is 1.64. The molecule has 1 aromatic heterocycles. The van der Waals surface area contributed by atoms with E-state index in [1.54, 1.807) is 0 Å². The topological polar surface area (TPSA) is 39.9 Å². The van der Waals surface area contributed by atoms with E-state index in [1.807, 2.05) is 30.3 Å². The molecule has 1 aliphatic rings. The van der Waals surface area contributed by atoms with E-state index in [0.29, 0.717) is 6.04 Å². The summed E-state index contributed by atoms with van der Waals surface area (Å²) < 4.78 is 0. The molecular formula is C18H21N3. The monoisotopic (exact) mass is 279 g/mol. The predicted octanol–water partition coefficient (Wildman–Crippen LogP) is 4.27. The van der Waals surface area contributed by atoms with E-state index >= 15 is 0 Å². The summed E-state index contributed by atoms with van der Waals surface area (Å²) in [6.07, 6.45) is 6.44. The smallest absolute Gasteiger partial charge is 0.130 e. The lowest BCUT2D eigenvalue weighted by molar-refractivity contribution is 0.416. The number of hydrogen-bond acceptors (Lipinski definition) is 3. The second kappa shape index (κ2) is 6.13. The van der Waals surface area contributed by atoms with E-state index in [4.69, 9.17) is 4.98 Å². The van der Waals surface area contributed by atoms with Gasteiger partial charge in [0.15, 0.2) is 0 Å². The maximum absolute atomic E-state index is 9.43. The highest BCUT2D eigenvalue weighted by molar-refractivity contribution is 5.86. The van der Waals surface area contributed by atoms with E-state index in [9.17, 15) is 5.26 Å². The van der Waals surface area contributed by atoms with Crippen molar-refractivity contribution in [3.63, 3.8) is 0 Å². The number of para-hydroxylation sites is 1. The first kappa shape index (κ1) is 13.9. The summed E-state index contributed by atoms with van der Waals surface area (Å²) in [5, 5.41) is 10.4. The predicted molar refractivity (Wildman–Crippen MR) is 86.4 cm³/mol. The molecule has 1 aliphatic carbocycles. The number of anilines is 1. The zero-order valence-corrected chi connectivity index (χ0v) is 12.5. The third-order valence-electron chi connectivity index (χ3n) is 4.47. The van der Waals surface area contributed by atoms with Crippen molar-refractivity contribution in [1.82, 2.24) is 4.98 Å². The molecule has 1 heterocycles. The number of rotatable bonds is 3. The van der Waals surface area contributed by atoms with Crippen molar-refractivity contribution < 1.29 is 0 Å². The Labute approximate surface area is 126 Å². The van der Waals surface area contributed by atoms with E-state index in [1.165, 1.54) is 32.1 Å². The fourth-order valence-electron chi connectivity index (χ4n) is 3.40. The van der Waals surface area contributed by atoms with Gasteiger partial charge in [0.25, 0.3) is 0 Å². The molecule has 0 aliphatic heterocycles. The first-order valence-corrected chi connectivity index (χ1v) is 7.90. The molecule has 2 aromatic rings. The van der Waals surface area contributed by atoms with E-state index in [0.717, 1.165) is 28.8 Å². The molecule has 3 rings (SSSR count). The van der Waals surface area contributed by atoms with Crippen LogP contribution in [0, 0.1) is 11.3 Å². The van der Waals surface area contributed by atoms with Crippen LogP contribution in [0.1, 0.15) is 44.6 Å². The zero-order valence-electron chi connectivity index (χ0n) is 12.5. The van der Waals surface area contributed by atoms with Gasteiger partial charge in [-0.05, 0) is 31.9 Å². The molecule has 0 saturated heterocycles. The summed E-state index contributed by atoms with van der Waals surface area (Å²) in [6.45, 7) is 3.12. The van der Waals surface area contributed by atoms with E-state index < -0.39 is 0 Å². The van der Waals surface area contributed by atoms with Crippen molar-refractivity contribution in [3.05, 3.63) is 35.9 Å². The Balaban J connectivity index is 2.04. The minimum atomic E-state index is 0.573. The Morgan fingerprint density at radius 2 is 2.00 bits per heavy atom. The summed E-state index contributed by atoms with van der Waals surface area (Å²) in [7, 11) is 0. The van der Waals surface area contributed by atoms with Crippen LogP contribution in [-0.2, 0) is 0 Å². The summed E-state index contributed by atoms with van der Waals surface area (Å²) in [4.78, 5) is 7.19. The van der Waals surface area contributed by atoms with Crippen molar-refractivity contribution in [2.75, 3.05) is 11.4 Å². The van der Waals surface area contributed by atoms with E-state index in [2.05, 4.69) is 17.9 Å². The van der Waals surface area contributed by atoms with Gasteiger partial charge in [0.05, 0.1) is 17.1 Å². The second-order valence-electron chi connectivity index (χ2n) is 5.73. The highest BCUT2D eigenvalue weighted by Gasteiger charge is 2.22. The van der Waals surface area contributed by atoms with Gasteiger partial charge >= 0.3 is 0 Å². The van der Waals surface area contributed by atoms with Gasteiger partial charge in [-0.15, -0.1) is 0 Å². The van der Waals surface area contributed by atoms with Gasteiger partial charge in [0.2, 0.25) is 0 Å². The van der Waals surface area contributed by atoms with Crippen molar-refractivity contribution in [1.29, 1.82) is 5.26 Å². The molecule has 1 fully saturated rings. The molecule has 0 bridgehead atoms. The summed E-state index contributed by atoms with van der Waals surface area (Å²) in [5.74, 6) is 0.958. The zero-order chi connectivity index (χ0) is 14.7. The Kier molecular flexibility index (Phi) is 4.06. The van der Waals surface area contributed by atoms with Gasteiger partial charge in [-0.3, -0.25) is 0 Å². The average molecular weight is 279 g/mol. The lowest BCUT2D eigenvalue weighted by Crippen LogP contribution is -2.37. The molecule has 0 N–H and O–H groups in total. The van der Waals surface area contributed by atoms with Gasteiger partial charge in [0, 0.05) is 18.0 Å². The summed E-state index contributed by atoms with van der Waals surface area (Å²) >= 11 is 0. The fraction of sp³-hybridized carbons (Fsp3) is 0.444. The molecule has 0 amide bonds. The first-order valence-electron chi connectivity index (χ1n) is 7.90. The molecule has 0 spiro atoms. The largest absolute Gasteiger partial charge is 0.354 e. The fourth-order valence-corrected chi connectivity index (χ4v) is 3.40. The third kappa shape index (κ3) is 2.71. The SMILES string of the molecule is CCN(c1cc(C#N)c2ccccc2n1)C1CCCCC1. The lowest BCUT2D eigenvalue weighted by Gasteiger charge is -2.34. The second-order valence-corrected chi connectivity index (χ2v) is 5.73. The Morgan fingerprint density at radius 3 is 2.71 bits per heavy atom. The number of pyridine rings is 1. The van der Waals surface area contributed by atoms with Crippen molar-refractivity contribution in [2.24, 2.45) is 0 Å². The van der Waals surface area contributed by atoms with E-state index in [-0.39, 0.29) is 0 Å². The van der Waals surface area contributed by atoms with Crippen LogP contribution in [0.3, 0.4) is 0 Å². The minimum Gasteiger partial charge on any atom is -0.354 e.